The summed E-state index contributed by atoms with van der Waals surface area (Å²) in [4.78, 5) is 27.5. The number of benzene rings is 1. The van der Waals surface area contributed by atoms with E-state index in [1.54, 1.807) is 49.0 Å². The van der Waals surface area contributed by atoms with E-state index in [4.69, 9.17) is 21.1 Å². The average molecular weight is 491 g/mol. The number of rotatable bonds is 10. The first-order valence-corrected chi connectivity index (χ1v) is 11.4. The highest BCUT2D eigenvalue weighted by molar-refractivity contribution is 6.33. The minimum absolute atomic E-state index is 0.129. The quantitative estimate of drug-likeness (QED) is 0.528. The lowest BCUT2D eigenvalue weighted by molar-refractivity contribution is -0.133. The molecule has 184 valence electrons. The zero-order valence-corrected chi connectivity index (χ0v) is 20.8. The van der Waals surface area contributed by atoms with E-state index in [1.165, 1.54) is 18.1 Å². The maximum Gasteiger partial charge on any atom is 0.251 e. The number of carbonyl (C=O) groups is 2. The molecule has 0 radical (unpaired) electrons. The van der Waals surface area contributed by atoms with E-state index >= 15 is 0 Å². The van der Waals surface area contributed by atoms with Crippen LogP contribution in [0.3, 0.4) is 0 Å². The van der Waals surface area contributed by atoms with Crippen LogP contribution < -0.4 is 14.8 Å². The first-order valence-electron chi connectivity index (χ1n) is 11.0. The predicted molar refractivity (Wildman–Crippen MR) is 129 cm³/mol. The molecule has 1 aliphatic heterocycles. The number of halogens is 1. The van der Waals surface area contributed by atoms with Gasteiger partial charge in [0.25, 0.3) is 5.91 Å². The Balaban J connectivity index is 1.72. The van der Waals surface area contributed by atoms with Crippen LogP contribution in [0.1, 0.15) is 34.1 Å². The first kappa shape index (κ1) is 25.6. The van der Waals surface area contributed by atoms with Gasteiger partial charge in [-0.05, 0) is 38.3 Å². The summed E-state index contributed by atoms with van der Waals surface area (Å²) in [5.74, 6) is 1.06. The van der Waals surface area contributed by atoms with Crippen molar-refractivity contribution in [3.63, 3.8) is 0 Å². The summed E-state index contributed by atoms with van der Waals surface area (Å²) in [6.07, 6.45) is 3.51. The topological polar surface area (TPSA) is 106 Å². The zero-order chi connectivity index (χ0) is 25.0. The summed E-state index contributed by atoms with van der Waals surface area (Å²) in [5.41, 5.74) is -0.941. The van der Waals surface area contributed by atoms with E-state index in [1.807, 2.05) is 13.8 Å². The minimum Gasteiger partial charge on any atom is -0.495 e. The average Bonchev–Trinajstić information content (AvgIpc) is 3.31. The van der Waals surface area contributed by atoms with Gasteiger partial charge in [-0.15, -0.1) is 0 Å². The van der Waals surface area contributed by atoms with Crippen molar-refractivity contribution >= 4 is 29.2 Å². The Bertz CT molecular complexity index is 1070. The summed E-state index contributed by atoms with van der Waals surface area (Å²) in [6.45, 7) is 7.73. The lowest BCUT2D eigenvalue weighted by Crippen LogP contribution is -2.46. The second-order valence-corrected chi connectivity index (χ2v) is 9.67. The molecule has 1 aliphatic rings. The van der Waals surface area contributed by atoms with Crippen LogP contribution in [0.4, 0.5) is 5.82 Å². The zero-order valence-electron chi connectivity index (χ0n) is 20.0. The van der Waals surface area contributed by atoms with Crippen LogP contribution >= 0.6 is 11.6 Å². The molecule has 2 amide bonds. The summed E-state index contributed by atoms with van der Waals surface area (Å²) in [5, 5.41) is 17.4. The number of ether oxygens (including phenoxy) is 2. The standard InChI is InChI=1S/C24H31ClN4O5/c1-15(2)11-17(23(31)26-20-9-10-28(27-20)14-24(3,4)32)29-13-16(12-21(29)30)34-19-8-6-7-18(33-5)22(19)25/h6-10,12,15,17,32H,11,13-14H2,1-5H3,(H,26,27,31)/t17-/m0/s1. The number of anilines is 1. The van der Waals surface area contributed by atoms with Crippen molar-refractivity contribution in [2.75, 3.05) is 19.0 Å². The summed E-state index contributed by atoms with van der Waals surface area (Å²) in [6, 6.07) is 6.06. The molecule has 0 fully saturated rings. The molecule has 0 bridgehead atoms. The van der Waals surface area contributed by atoms with Crippen LogP contribution in [0.5, 0.6) is 11.5 Å². The third kappa shape index (κ3) is 6.51. The monoisotopic (exact) mass is 490 g/mol. The molecule has 34 heavy (non-hydrogen) atoms. The normalized spacial score (nSPS) is 14.9. The lowest BCUT2D eigenvalue weighted by atomic mass is 10.0. The minimum atomic E-state index is -0.941. The highest BCUT2D eigenvalue weighted by atomic mass is 35.5. The molecule has 0 spiro atoms. The third-order valence-electron chi connectivity index (χ3n) is 5.10. The van der Waals surface area contributed by atoms with Crippen molar-refractivity contribution in [3.05, 3.63) is 47.3 Å². The Hall–Kier alpha value is -3.04. The van der Waals surface area contributed by atoms with Gasteiger partial charge in [0.1, 0.15) is 28.3 Å². The number of carbonyl (C=O) groups excluding carboxylic acids is 2. The summed E-state index contributed by atoms with van der Waals surface area (Å²) in [7, 11) is 1.51. The van der Waals surface area contributed by atoms with Gasteiger partial charge in [-0.25, -0.2) is 0 Å². The maximum atomic E-state index is 13.2. The van der Waals surface area contributed by atoms with E-state index in [2.05, 4.69) is 10.4 Å². The molecular weight excluding hydrogens is 460 g/mol. The SMILES string of the molecule is COc1cccc(OC2=CC(=O)N([C@@H](CC(C)C)C(=O)Nc3ccn(CC(C)(C)O)n3)C2)c1Cl. The Labute approximate surface area is 204 Å². The van der Waals surface area contributed by atoms with Gasteiger partial charge >= 0.3 is 0 Å². The summed E-state index contributed by atoms with van der Waals surface area (Å²) < 4.78 is 12.6. The largest absolute Gasteiger partial charge is 0.495 e. The van der Waals surface area contributed by atoms with E-state index in [-0.39, 0.29) is 30.8 Å². The summed E-state index contributed by atoms with van der Waals surface area (Å²) >= 11 is 6.31. The molecule has 9 nitrogen and oxygen atoms in total. The number of amides is 2. The van der Waals surface area contributed by atoms with E-state index < -0.39 is 11.6 Å². The fourth-order valence-corrected chi connectivity index (χ4v) is 3.89. The molecule has 0 saturated heterocycles. The number of hydrogen-bond acceptors (Lipinski definition) is 6. The van der Waals surface area contributed by atoms with E-state index in [0.717, 1.165) is 0 Å². The van der Waals surface area contributed by atoms with Crippen molar-refractivity contribution in [3.8, 4) is 11.5 Å². The third-order valence-corrected chi connectivity index (χ3v) is 5.47. The molecule has 2 aromatic rings. The van der Waals surface area contributed by atoms with Crippen molar-refractivity contribution < 1.29 is 24.2 Å². The Morgan fingerprint density at radius 3 is 2.65 bits per heavy atom. The van der Waals surface area contributed by atoms with E-state index in [9.17, 15) is 14.7 Å². The molecule has 10 heteroatoms. The number of aliphatic hydroxyl groups is 1. The van der Waals surface area contributed by atoms with Gasteiger partial charge in [0.05, 0.1) is 25.8 Å². The van der Waals surface area contributed by atoms with Gasteiger partial charge < -0.3 is 24.8 Å². The molecule has 3 rings (SSSR count). The molecule has 1 aromatic heterocycles. The Kier molecular flexibility index (Phi) is 7.89. The number of nitrogens with zero attached hydrogens (tertiary/aromatic N) is 3. The molecular formula is C24H31ClN4O5. The molecule has 0 unspecified atom stereocenters. The molecule has 1 atom stereocenters. The van der Waals surface area contributed by atoms with Gasteiger partial charge in [0.15, 0.2) is 5.82 Å². The number of methoxy groups -OCH3 is 1. The van der Waals surface area contributed by atoms with Gasteiger partial charge in [-0.2, -0.15) is 5.10 Å². The Morgan fingerprint density at radius 2 is 2.00 bits per heavy atom. The molecule has 2 N–H and O–H groups in total. The molecule has 0 aliphatic carbocycles. The van der Waals surface area contributed by atoms with Crippen LogP contribution in [0.2, 0.25) is 5.02 Å². The fourth-order valence-electron chi connectivity index (χ4n) is 3.65. The van der Waals surface area contributed by atoms with Gasteiger partial charge in [0, 0.05) is 18.3 Å². The first-order chi connectivity index (χ1) is 16.0. The highest BCUT2D eigenvalue weighted by Crippen LogP contribution is 2.35. The number of nitrogens with one attached hydrogen (secondary N) is 1. The van der Waals surface area contributed by atoms with Crippen LogP contribution in [0.25, 0.3) is 0 Å². The van der Waals surface area contributed by atoms with Crippen LogP contribution in [0, 0.1) is 5.92 Å². The van der Waals surface area contributed by atoms with Crippen molar-refractivity contribution in [1.29, 1.82) is 0 Å². The number of aromatic nitrogens is 2. The lowest BCUT2D eigenvalue weighted by Gasteiger charge is -2.28. The van der Waals surface area contributed by atoms with E-state index in [0.29, 0.717) is 34.5 Å². The Morgan fingerprint density at radius 1 is 1.29 bits per heavy atom. The van der Waals surface area contributed by atoms with Crippen LogP contribution in [-0.2, 0) is 16.1 Å². The number of hydrogen-bond donors (Lipinski definition) is 2. The van der Waals surface area contributed by atoms with Crippen molar-refractivity contribution in [2.45, 2.75) is 52.3 Å². The smallest absolute Gasteiger partial charge is 0.251 e. The highest BCUT2D eigenvalue weighted by Gasteiger charge is 2.35. The van der Waals surface area contributed by atoms with Gasteiger partial charge in [-0.3, -0.25) is 14.3 Å². The second-order valence-electron chi connectivity index (χ2n) is 9.30. The molecule has 1 aromatic carbocycles. The van der Waals surface area contributed by atoms with Crippen molar-refractivity contribution in [1.82, 2.24) is 14.7 Å². The van der Waals surface area contributed by atoms with Crippen LogP contribution in [0.15, 0.2) is 42.3 Å². The van der Waals surface area contributed by atoms with Gasteiger partial charge in [0.2, 0.25) is 5.91 Å². The maximum absolute atomic E-state index is 13.2. The van der Waals surface area contributed by atoms with Gasteiger partial charge in [-0.1, -0.05) is 31.5 Å². The second kappa shape index (κ2) is 10.5. The fraction of sp³-hybridized carbons (Fsp3) is 0.458. The molecule has 0 saturated carbocycles. The van der Waals surface area contributed by atoms with Crippen LogP contribution in [-0.4, -0.2) is 56.9 Å². The molecule has 2 heterocycles. The predicted octanol–water partition coefficient (Wildman–Crippen LogP) is 3.47. The van der Waals surface area contributed by atoms with Crippen molar-refractivity contribution in [2.24, 2.45) is 5.92 Å².